The van der Waals surface area contributed by atoms with E-state index < -0.39 is 0 Å². The Balaban J connectivity index is 2.09. The minimum absolute atomic E-state index is 0.324. The van der Waals surface area contributed by atoms with Crippen LogP contribution in [0.2, 0.25) is 0 Å². The lowest BCUT2D eigenvalue weighted by Gasteiger charge is -2.38. The number of benzene rings is 1. The van der Waals surface area contributed by atoms with Gasteiger partial charge in [-0.15, -0.1) is 0 Å². The number of hydrogen-bond acceptors (Lipinski definition) is 3. The van der Waals surface area contributed by atoms with Gasteiger partial charge in [0.15, 0.2) is 0 Å². The van der Waals surface area contributed by atoms with Crippen LogP contribution in [0, 0.1) is 5.92 Å². The molecule has 3 heteroatoms. The molecule has 3 nitrogen and oxygen atoms in total. The highest BCUT2D eigenvalue weighted by molar-refractivity contribution is 5.31. The zero-order valence-electron chi connectivity index (χ0n) is 13.6. The second-order valence-corrected chi connectivity index (χ2v) is 6.08. The Hall–Kier alpha value is -1.06. The lowest BCUT2D eigenvalue weighted by molar-refractivity contribution is 0.124. The van der Waals surface area contributed by atoms with Gasteiger partial charge in [0.1, 0.15) is 5.75 Å². The normalized spacial score (nSPS) is 21.2. The first-order chi connectivity index (χ1) is 10.3. The van der Waals surface area contributed by atoms with Crippen molar-refractivity contribution >= 4 is 0 Å². The van der Waals surface area contributed by atoms with Crippen molar-refractivity contribution in [1.29, 1.82) is 0 Å². The van der Waals surface area contributed by atoms with E-state index >= 15 is 0 Å². The van der Waals surface area contributed by atoms with Crippen molar-refractivity contribution in [3.63, 3.8) is 0 Å². The second kappa shape index (κ2) is 8.40. The first-order valence-electron chi connectivity index (χ1n) is 8.45. The number of ether oxygens (including phenoxy) is 1. The molecule has 2 unspecified atom stereocenters. The molecule has 2 atom stereocenters. The van der Waals surface area contributed by atoms with Gasteiger partial charge in [0.05, 0.1) is 6.61 Å². The van der Waals surface area contributed by atoms with Crippen LogP contribution in [-0.2, 0) is 0 Å². The maximum atomic E-state index is 6.09. The third-order valence-corrected chi connectivity index (χ3v) is 4.51. The summed E-state index contributed by atoms with van der Waals surface area (Å²) in [7, 11) is 0. The molecule has 2 N–H and O–H groups in total. The van der Waals surface area contributed by atoms with E-state index in [0.29, 0.717) is 12.6 Å². The number of hydrogen-bond donors (Lipinski definition) is 1. The highest BCUT2D eigenvalue weighted by Crippen LogP contribution is 2.29. The van der Waals surface area contributed by atoms with Gasteiger partial charge < -0.3 is 10.5 Å². The minimum atomic E-state index is 0.324. The molecular weight excluding hydrogens is 260 g/mol. The van der Waals surface area contributed by atoms with E-state index in [1.54, 1.807) is 0 Å². The van der Waals surface area contributed by atoms with Crippen molar-refractivity contribution in [1.82, 2.24) is 4.90 Å². The van der Waals surface area contributed by atoms with Crippen molar-refractivity contribution in [2.75, 3.05) is 26.2 Å². The molecule has 0 radical (unpaired) electrons. The maximum absolute atomic E-state index is 6.09. The molecule has 2 rings (SSSR count). The molecular formula is C18H30N2O. The van der Waals surface area contributed by atoms with Crippen LogP contribution in [0.25, 0.3) is 0 Å². The van der Waals surface area contributed by atoms with Gasteiger partial charge in [-0.05, 0) is 49.4 Å². The quantitative estimate of drug-likeness (QED) is 0.834. The van der Waals surface area contributed by atoms with Crippen molar-refractivity contribution in [2.45, 2.75) is 45.6 Å². The van der Waals surface area contributed by atoms with Gasteiger partial charge in [-0.3, -0.25) is 4.90 Å². The van der Waals surface area contributed by atoms with Crippen LogP contribution in [0.1, 0.15) is 51.1 Å². The summed E-state index contributed by atoms with van der Waals surface area (Å²) in [5.74, 6) is 1.80. The molecule has 0 amide bonds. The molecule has 1 saturated heterocycles. The Morgan fingerprint density at radius 1 is 1.38 bits per heavy atom. The Morgan fingerprint density at radius 3 is 2.95 bits per heavy atom. The molecule has 0 saturated carbocycles. The summed E-state index contributed by atoms with van der Waals surface area (Å²) >= 11 is 0. The smallest absolute Gasteiger partial charge is 0.119 e. The highest BCUT2D eigenvalue weighted by atomic mass is 16.5. The van der Waals surface area contributed by atoms with Gasteiger partial charge in [-0.1, -0.05) is 32.4 Å². The summed E-state index contributed by atoms with van der Waals surface area (Å²) in [5, 5.41) is 0. The molecule has 21 heavy (non-hydrogen) atoms. The lowest BCUT2D eigenvalue weighted by Crippen LogP contribution is -2.41. The van der Waals surface area contributed by atoms with Crippen LogP contribution in [-0.4, -0.2) is 31.1 Å². The Kier molecular flexibility index (Phi) is 6.52. The number of nitrogens with two attached hydrogens (primary N) is 1. The molecule has 0 spiro atoms. The molecule has 0 aliphatic carbocycles. The number of likely N-dealkylation sites (tertiary alicyclic amines) is 1. The molecule has 118 valence electrons. The molecule has 0 aromatic heterocycles. The van der Waals surface area contributed by atoms with Crippen LogP contribution >= 0.6 is 0 Å². The van der Waals surface area contributed by atoms with Gasteiger partial charge in [0.25, 0.3) is 0 Å². The molecule has 1 aromatic carbocycles. The second-order valence-electron chi connectivity index (χ2n) is 6.08. The van der Waals surface area contributed by atoms with E-state index in [4.69, 9.17) is 10.5 Å². The Morgan fingerprint density at radius 2 is 2.24 bits per heavy atom. The standard InChI is InChI=1S/C18H30N2O/c1-3-11-21-17-9-5-8-16(12-17)18(13-19)20-10-6-7-15(4-2)14-20/h5,8-9,12,15,18H,3-4,6-7,10-11,13-14,19H2,1-2H3. The topological polar surface area (TPSA) is 38.5 Å². The van der Waals surface area contributed by atoms with E-state index in [9.17, 15) is 0 Å². The molecule has 1 fully saturated rings. The summed E-state index contributed by atoms with van der Waals surface area (Å²) in [5.41, 5.74) is 7.38. The van der Waals surface area contributed by atoms with Crippen molar-refractivity contribution in [3.05, 3.63) is 29.8 Å². The number of piperidine rings is 1. The third kappa shape index (κ3) is 4.45. The monoisotopic (exact) mass is 290 g/mol. The summed E-state index contributed by atoms with van der Waals surface area (Å²) in [6, 6.07) is 8.81. The lowest BCUT2D eigenvalue weighted by atomic mass is 9.93. The van der Waals surface area contributed by atoms with Gasteiger partial charge in [0, 0.05) is 19.1 Å². The van der Waals surface area contributed by atoms with Gasteiger partial charge in [-0.2, -0.15) is 0 Å². The van der Waals surface area contributed by atoms with E-state index in [2.05, 4.69) is 36.9 Å². The van der Waals surface area contributed by atoms with E-state index in [1.165, 1.54) is 37.9 Å². The van der Waals surface area contributed by atoms with Crippen LogP contribution in [0.3, 0.4) is 0 Å². The third-order valence-electron chi connectivity index (χ3n) is 4.51. The van der Waals surface area contributed by atoms with E-state index in [1.807, 2.05) is 6.07 Å². The van der Waals surface area contributed by atoms with Crippen LogP contribution < -0.4 is 10.5 Å². The summed E-state index contributed by atoms with van der Waals surface area (Å²) in [6.07, 6.45) is 4.97. The first kappa shape index (κ1) is 16.3. The number of nitrogens with zero attached hydrogens (tertiary/aromatic N) is 1. The Bertz CT molecular complexity index is 421. The average Bonchev–Trinajstić information content (AvgIpc) is 2.54. The fourth-order valence-electron chi connectivity index (χ4n) is 3.24. The fourth-order valence-corrected chi connectivity index (χ4v) is 3.24. The van der Waals surface area contributed by atoms with Crippen LogP contribution in [0.15, 0.2) is 24.3 Å². The van der Waals surface area contributed by atoms with Crippen molar-refractivity contribution in [3.8, 4) is 5.75 Å². The number of rotatable bonds is 7. The van der Waals surface area contributed by atoms with Crippen LogP contribution in [0.5, 0.6) is 5.75 Å². The summed E-state index contributed by atoms with van der Waals surface area (Å²) in [6.45, 7) is 8.22. The van der Waals surface area contributed by atoms with Crippen LogP contribution in [0.4, 0.5) is 0 Å². The SMILES string of the molecule is CCCOc1cccc(C(CN)N2CCCC(CC)C2)c1. The Labute approximate surface area is 129 Å². The highest BCUT2D eigenvalue weighted by Gasteiger charge is 2.25. The molecule has 1 aliphatic heterocycles. The zero-order valence-corrected chi connectivity index (χ0v) is 13.6. The first-order valence-corrected chi connectivity index (χ1v) is 8.45. The summed E-state index contributed by atoms with van der Waals surface area (Å²) < 4.78 is 5.76. The van der Waals surface area contributed by atoms with Gasteiger partial charge in [0.2, 0.25) is 0 Å². The van der Waals surface area contributed by atoms with E-state index in [0.717, 1.165) is 24.7 Å². The molecule has 1 heterocycles. The fraction of sp³-hybridized carbons (Fsp3) is 0.667. The van der Waals surface area contributed by atoms with Gasteiger partial charge in [-0.25, -0.2) is 0 Å². The maximum Gasteiger partial charge on any atom is 0.119 e. The predicted octanol–water partition coefficient (Wildman–Crippen LogP) is 3.60. The average molecular weight is 290 g/mol. The van der Waals surface area contributed by atoms with Crippen molar-refractivity contribution in [2.24, 2.45) is 11.7 Å². The minimum Gasteiger partial charge on any atom is -0.494 e. The molecule has 1 aliphatic rings. The van der Waals surface area contributed by atoms with Crippen molar-refractivity contribution < 1.29 is 4.74 Å². The molecule has 0 bridgehead atoms. The largest absolute Gasteiger partial charge is 0.494 e. The predicted molar refractivity (Wildman–Crippen MR) is 88.6 cm³/mol. The zero-order chi connectivity index (χ0) is 15.1. The summed E-state index contributed by atoms with van der Waals surface area (Å²) in [4.78, 5) is 2.57. The van der Waals surface area contributed by atoms with Gasteiger partial charge >= 0.3 is 0 Å². The van der Waals surface area contributed by atoms with E-state index in [-0.39, 0.29) is 0 Å². The molecule has 1 aromatic rings.